The van der Waals surface area contributed by atoms with Crippen LogP contribution < -0.4 is 5.32 Å². The molecule has 2 atom stereocenters. The molecule has 1 aromatic rings. The van der Waals surface area contributed by atoms with Crippen LogP contribution in [0.4, 0.5) is 0 Å². The molecule has 7 heteroatoms. The first-order valence-corrected chi connectivity index (χ1v) is 15.9. The maximum atomic E-state index is 13.0. The van der Waals surface area contributed by atoms with Gasteiger partial charge in [-0.3, -0.25) is 14.4 Å². The first-order valence-electron chi connectivity index (χ1n) is 14.3. The second-order valence-corrected chi connectivity index (χ2v) is 12.4. The molecule has 6 nitrogen and oxygen atoms in total. The molecular weight excluding hydrogens is 473 g/mol. The highest BCUT2D eigenvalue weighted by Crippen LogP contribution is 2.57. The number of hydrogen-bond acceptors (Lipinski definition) is 4. The number of carboxylic acids is 1. The van der Waals surface area contributed by atoms with Crippen LogP contribution in [0.2, 0.25) is 0 Å². The topological polar surface area (TPSA) is 95.9 Å². The van der Waals surface area contributed by atoms with Gasteiger partial charge < -0.3 is 10.00 Å². The van der Waals surface area contributed by atoms with Crippen molar-refractivity contribution in [3.8, 4) is 0 Å². The first-order chi connectivity index (χ1) is 17.2. The molecule has 2 unspecified atom stereocenters. The molecule has 0 fully saturated rings. The number of hydrogen-bond donors (Lipinski definition) is 3. The van der Waals surface area contributed by atoms with E-state index in [0.717, 1.165) is 19.3 Å². The molecule has 1 rings (SSSR count). The number of aliphatic carboxylic acids is 1. The summed E-state index contributed by atoms with van der Waals surface area (Å²) in [6, 6.07) is 8.93. The van der Waals surface area contributed by atoms with Crippen LogP contribution >= 0.6 is 7.60 Å². The molecule has 0 spiro atoms. The Kier molecular flexibility index (Phi) is 17.3. The highest BCUT2D eigenvalue weighted by atomic mass is 31.2. The third kappa shape index (κ3) is 14.5. The van der Waals surface area contributed by atoms with Crippen LogP contribution in [-0.2, 0) is 13.9 Å². The van der Waals surface area contributed by atoms with Gasteiger partial charge in [0, 0.05) is 0 Å². The Bertz CT molecular complexity index is 740. The summed E-state index contributed by atoms with van der Waals surface area (Å²) in [5.41, 5.74) is -1.14. The van der Waals surface area contributed by atoms with E-state index in [-0.39, 0.29) is 0 Å². The summed E-state index contributed by atoms with van der Waals surface area (Å²) in [5, 5.41) is 12.5. The zero-order valence-electron chi connectivity index (χ0n) is 23.1. The van der Waals surface area contributed by atoms with E-state index >= 15 is 0 Å². The minimum atomic E-state index is -4.28. The molecule has 0 bridgehead atoms. The molecule has 0 radical (unpaired) electrons. The van der Waals surface area contributed by atoms with Crippen LogP contribution in [0.5, 0.6) is 0 Å². The van der Waals surface area contributed by atoms with Gasteiger partial charge in [0.1, 0.15) is 5.78 Å². The Morgan fingerprint density at radius 1 is 0.833 bits per heavy atom. The van der Waals surface area contributed by atoms with Gasteiger partial charge >= 0.3 is 13.6 Å². The Labute approximate surface area is 220 Å². The summed E-state index contributed by atoms with van der Waals surface area (Å²) in [6.45, 7) is 5.41. The van der Waals surface area contributed by atoms with Crippen molar-refractivity contribution in [3.05, 3.63) is 35.9 Å². The summed E-state index contributed by atoms with van der Waals surface area (Å²) in [7, 11) is -4.28. The van der Waals surface area contributed by atoms with E-state index in [1.165, 1.54) is 97.3 Å². The molecule has 0 amide bonds. The van der Waals surface area contributed by atoms with Crippen LogP contribution in [-0.4, -0.2) is 28.1 Å². The Hall–Kier alpha value is -1.20. The smallest absolute Gasteiger partial charge is 0.350 e. The number of benzene rings is 1. The van der Waals surface area contributed by atoms with Crippen molar-refractivity contribution in [1.29, 1.82) is 0 Å². The lowest BCUT2D eigenvalue weighted by Crippen LogP contribution is -2.35. The maximum Gasteiger partial charge on any atom is 0.350 e. The van der Waals surface area contributed by atoms with Crippen molar-refractivity contribution in [2.45, 2.75) is 135 Å². The summed E-state index contributed by atoms with van der Waals surface area (Å²) in [4.78, 5) is 22.1. The highest BCUT2D eigenvalue weighted by molar-refractivity contribution is 7.53. The van der Waals surface area contributed by atoms with Gasteiger partial charge in [0.05, 0.1) is 0 Å². The number of rotatable bonds is 23. The molecule has 0 aromatic heterocycles. The Balaban J connectivity index is 2.21. The number of nitrogens with one attached hydrogen (secondary N) is 1. The molecule has 0 aliphatic rings. The van der Waals surface area contributed by atoms with E-state index in [4.69, 9.17) is 4.52 Å². The van der Waals surface area contributed by atoms with Gasteiger partial charge in [-0.25, -0.2) is 4.79 Å². The fourth-order valence-corrected chi connectivity index (χ4v) is 6.13. The van der Waals surface area contributed by atoms with Crippen LogP contribution in [0.15, 0.2) is 30.3 Å². The van der Waals surface area contributed by atoms with Crippen molar-refractivity contribution in [1.82, 2.24) is 5.32 Å². The van der Waals surface area contributed by atoms with E-state index in [0.29, 0.717) is 12.1 Å². The first kappa shape index (κ1) is 32.8. The summed E-state index contributed by atoms with van der Waals surface area (Å²) < 4.78 is 18.3. The summed E-state index contributed by atoms with van der Waals surface area (Å²) in [6.07, 6.45) is 20.7. The monoisotopic (exact) mass is 525 g/mol. The van der Waals surface area contributed by atoms with E-state index in [1.54, 1.807) is 24.3 Å². The van der Waals surface area contributed by atoms with Crippen molar-refractivity contribution in [2.75, 3.05) is 6.54 Å². The average molecular weight is 526 g/mol. The fraction of sp³-hybridized carbons (Fsp3) is 0.759. The molecule has 0 saturated heterocycles. The lowest BCUT2D eigenvalue weighted by Gasteiger charge is -2.29. The van der Waals surface area contributed by atoms with Gasteiger partial charge in [-0.1, -0.05) is 134 Å². The SMILES string of the molecule is CCCCCCCCCCCCCCCCCCNC(c1ccccc1)P(=O)(O)OC(C)(C)C(=O)O. The average Bonchev–Trinajstić information content (AvgIpc) is 2.83. The predicted octanol–water partition coefficient (Wildman–Crippen LogP) is 8.60. The largest absolute Gasteiger partial charge is 0.479 e. The van der Waals surface area contributed by atoms with Crippen molar-refractivity contribution < 1.29 is 23.9 Å². The number of carbonyl (C=O) groups is 1. The molecule has 208 valence electrons. The molecule has 0 aliphatic heterocycles. The van der Waals surface area contributed by atoms with Gasteiger partial charge in [0.25, 0.3) is 0 Å². The lowest BCUT2D eigenvalue weighted by molar-refractivity contribution is -0.152. The third-order valence-electron chi connectivity index (χ3n) is 6.68. The van der Waals surface area contributed by atoms with Crippen LogP contribution in [0.3, 0.4) is 0 Å². The highest BCUT2D eigenvalue weighted by Gasteiger charge is 2.42. The second-order valence-electron chi connectivity index (χ2n) is 10.5. The van der Waals surface area contributed by atoms with Crippen molar-refractivity contribution >= 4 is 13.6 Å². The van der Waals surface area contributed by atoms with E-state index < -0.39 is 24.9 Å². The minimum absolute atomic E-state index is 0.569. The molecule has 0 saturated carbocycles. The lowest BCUT2D eigenvalue weighted by atomic mass is 10.0. The van der Waals surface area contributed by atoms with Crippen LogP contribution in [0.25, 0.3) is 0 Å². The van der Waals surface area contributed by atoms with Gasteiger partial charge in [-0.2, -0.15) is 0 Å². The second kappa shape index (κ2) is 19.0. The number of carboxylic acid groups (broad SMARTS) is 1. The van der Waals surface area contributed by atoms with Gasteiger partial charge in [-0.15, -0.1) is 0 Å². The zero-order chi connectivity index (χ0) is 26.7. The molecule has 0 aliphatic carbocycles. The Morgan fingerprint density at radius 3 is 1.67 bits per heavy atom. The normalized spacial score (nSPS) is 14.4. The van der Waals surface area contributed by atoms with Crippen LogP contribution in [0.1, 0.15) is 135 Å². The van der Waals surface area contributed by atoms with Gasteiger partial charge in [-0.05, 0) is 32.4 Å². The van der Waals surface area contributed by atoms with E-state index in [1.807, 2.05) is 6.07 Å². The minimum Gasteiger partial charge on any atom is -0.479 e. The summed E-state index contributed by atoms with van der Waals surface area (Å²) >= 11 is 0. The van der Waals surface area contributed by atoms with Crippen molar-refractivity contribution in [2.24, 2.45) is 0 Å². The number of unbranched alkanes of at least 4 members (excludes halogenated alkanes) is 15. The predicted molar refractivity (Wildman–Crippen MR) is 149 cm³/mol. The van der Waals surface area contributed by atoms with Crippen LogP contribution in [0, 0.1) is 0 Å². The summed E-state index contributed by atoms with van der Waals surface area (Å²) in [5.74, 6) is -2.24. The standard InChI is InChI=1S/C29H52NO5P/c1-4-5-6-7-8-9-10-11-12-13-14-15-16-17-18-22-25-30-27(26-23-20-19-21-24-26)36(33,34)35-29(2,3)28(31)32/h19-21,23-24,27,30H,4-18,22,25H2,1-3H3,(H,31,32)(H,33,34). The molecular formula is C29H52NO5P. The van der Waals surface area contributed by atoms with Gasteiger partial charge in [0.2, 0.25) is 0 Å². The molecule has 36 heavy (non-hydrogen) atoms. The molecule has 3 N–H and O–H groups in total. The molecule has 0 heterocycles. The van der Waals surface area contributed by atoms with Gasteiger partial charge in [0.15, 0.2) is 5.60 Å². The van der Waals surface area contributed by atoms with E-state index in [2.05, 4.69) is 12.2 Å². The molecule has 1 aromatic carbocycles. The zero-order valence-corrected chi connectivity index (χ0v) is 23.9. The van der Waals surface area contributed by atoms with E-state index in [9.17, 15) is 19.4 Å². The Morgan fingerprint density at radius 2 is 1.25 bits per heavy atom. The van der Waals surface area contributed by atoms with Crippen molar-refractivity contribution in [3.63, 3.8) is 0 Å². The third-order valence-corrected chi connectivity index (χ3v) is 8.53. The quantitative estimate of drug-likeness (QED) is 0.0978. The maximum absolute atomic E-state index is 13.0. The fourth-order valence-electron chi connectivity index (χ4n) is 4.39.